The molecule has 0 spiro atoms. The Morgan fingerprint density at radius 1 is 0.815 bits per heavy atom. The molecule has 1 saturated heterocycles. The van der Waals surface area contributed by atoms with Crippen molar-refractivity contribution in [2.75, 3.05) is 13.1 Å². The summed E-state index contributed by atoms with van der Waals surface area (Å²) in [5.41, 5.74) is 2.92. The van der Waals surface area contributed by atoms with Crippen LogP contribution in [0.2, 0.25) is 0 Å². The molecule has 1 atom stereocenters. The van der Waals surface area contributed by atoms with Gasteiger partial charge in [-0.3, -0.25) is 4.90 Å². The largest absolute Gasteiger partial charge is 0.296 e. The first-order valence-electron chi connectivity index (χ1n) is 9.57. The van der Waals surface area contributed by atoms with E-state index in [1.165, 1.54) is 5.56 Å². The third-order valence-corrected chi connectivity index (χ3v) is 5.99. The van der Waals surface area contributed by atoms with Gasteiger partial charge in [-0.25, -0.2) is 0 Å². The first kappa shape index (κ1) is 17.5. The Balaban J connectivity index is 1.65. The van der Waals surface area contributed by atoms with E-state index in [0.29, 0.717) is 6.04 Å². The number of nitriles is 1. The van der Waals surface area contributed by atoms with Crippen molar-refractivity contribution in [1.29, 1.82) is 5.26 Å². The Hall–Kier alpha value is -2.89. The summed E-state index contributed by atoms with van der Waals surface area (Å²) in [7, 11) is 0. The summed E-state index contributed by atoms with van der Waals surface area (Å²) in [6.45, 7) is 4.10. The van der Waals surface area contributed by atoms with Crippen molar-refractivity contribution < 1.29 is 0 Å². The first-order valence-corrected chi connectivity index (χ1v) is 9.57. The summed E-state index contributed by atoms with van der Waals surface area (Å²) < 4.78 is 0. The predicted octanol–water partition coefficient (Wildman–Crippen LogP) is 5.19. The Bertz CT molecular complexity index is 867. The van der Waals surface area contributed by atoms with Crippen molar-refractivity contribution in [2.45, 2.75) is 18.4 Å². The summed E-state index contributed by atoms with van der Waals surface area (Å²) in [4.78, 5) is 2.47. The molecule has 0 saturated carbocycles. The van der Waals surface area contributed by atoms with Gasteiger partial charge < -0.3 is 0 Å². The van der Waals surface area contributed by atoms with Gasteiger partial charge in [0.05, 0.1) is 6.07 Å². The zero-order valence-electron chi connectivity index (χ0n) is 15.6. The quantitative estimate of drug-likeness (QED) is 0.632. The average molecular weight is 352 g/mol. The standard InChI is InChI=1S/C25H24N2/c1-20(21-11-5-2-6-12-21)27-17-24(18-27)25(19-26,22-13-7-3-8-14-22)23-15-9-4-10-16-23/h2-16,20,24H,17-18H2,1H3. The molecule has 1 heterocycles. The van der Waals surface area contributed by atoms with Crippen LogP contribution < -0.4 is 0 Å². The van der Waals surface area contributed by atoms with Crippen LogP contribution in [0, 0.1) is 17.2 Å². The maximum absolute atomic E-state index is 10.4. The van der Waals surface area contributed by atoms with E-state index in [1.54, 1.807) is 0 Å². The third-order valence-electron chi connectivity index (χ3n) is 5.99. The molecule has 0 aliphatic carbocycles. The van der Waals surface area contributed by atoms with Gasteiger partial charge in [-0.1, -0.05) is 91.0 Å². The Labute approximate surface area is 161 Å². The molecule has 2 heteroatoms. The predicted molar refractivity (Wildman–Crippen MR) is 109 cm³/mol. The number of hydrogen-bond acceptors (Lipinski definition) is 2. The zero-order chi connectivity index (χ0) is 18.7. The Morgan fingerprint density at radius 3 is 1.70 bits per heavy atom. The van der Waals surface area contributed by atoms with Crippen LogP contribution in [-0.4, -0.2) is 18.0 Å². The van der Waals surface area contributed by atoms with E-state index in [2.05, 4.69) is 72.5 Å². The van der Waals surface area contributed by atoms with Gasteiger partial charge in [-0.15, -0.1) is 0 Å². The van der Waals surface area contributed by atoms with Crippen molar-refractivity contribution in [3.8, 4) is 6.07 Å². The number of rotatable bonds is 5. The highest BCUT2D eigenvalue weighted by atomic mass is 15.2. The van der Waals surface area contributed by atoms with Crippen LogP contribution in [0.4, 0.5) is 0 Å². The van der Waals surface area contributed by atoms with Gasteiger partial charge in [0.25, 0.3) is 0 Å². The lowest BCUT2D eigenvalue weighted by atomic mass is 9.63. The third kappa shape index (κ3) is 3.05. The van der Waals surface area contributed by atoms with Crippen molar-refractivity contribution in [2.24, 2.45) is 5.92 Å². The van der Waals surface area contributed by atoms with Crippen LogP contribution in [-0.2, 0) is 5.41 Å². The van der Waals surface area contributed by atoms with Crippen LogP contribution in [0.15, 0.2) is 91.0 Å². The fraction of sp³-hybridized carbons (Fsp3) is 0.240. The van der Waals surface area contributed by atoms with E-state index in [-0.39, 0.29) is 5.92 Å². The van der Waals surface area contributed by atoms with Gasteiger partial charge >= 0.3 is 0 Å². The zero-order valence-corrected chi connectivity index (χ0v) is 15.6. The highest BCUT2D eigenvalue weighted by Crippen LogP contribution is 2.45. The van der Waals surface area contributed by atoms with Crippen molar-refractivity contribution in [1.82, 2.24) is 4.90 Å². The number of benzene rings is 3. The van der Waals surface area contributed by atoms with Gasteiger partial charge in [0.2, 0.25) is 0 Å². The summed E-state index contributed by atoms with van der Waals surface area (Å²) in [5, 5.41) is 10.4. The van der Waals surface area contributed by atoms with E-state index < -0.39 is 5.41 Å². The molecule has 1 aliphatic heterocycles. The van der Waals surface area contributed by atoms with Crippen LogP contribution in [0.3, 0.4) is 0 Å². The molecule has 0 N–H and O–H groups in total. The van der Waals surface area contributed by atoms with Crippen molar-refractivity contribution in [3.05, 3.63) is 108 Å². The molecule has 0 radical (unpaired) electrons. The molecule has 3 aromatic carbocycles. The molecule has 0 amide bonds. The lowest BCUT2D eigenvalue weighted by Gasteiger charge is -2.50. The number of nitrogens with zero attached hydrogens (tertiary/aromatic N) is 2. The molecule has 0 aromatic heterocycles. The summed E-state index contributed by atoms with van der Waals surface area (Å²) in [5.74, 6) is 0.276. The molecular weight excluding hydrogens is 328 g/mol. The molecular formula is C25H24N2. The summed E-state index contributed by atoms with van der Waals surface area (Å²) in [6.07, 6.45) is 0. The minimum Gasteiger partial charge on any atom is -0.296 e. The second-order valence-electron chi connectivity index (χ2n) is 7.39. The second-order valence-corrected chi connectivity index (χ2v) is 7.39. The lowest BCUT2D eigenvalue weighted by molar-refractivity contribution is 0.0352. The van der Waals surface area contributed by atoms with E-state index >= 15 is 0 Å². The van der Waals surface area contributed by atoms with Gasteiger partial charge in [0, 0.05) is 25.0 Å². The monoisotopic (exact) mass is 352 g/mol. The fourth-order valence-corrected chi connectivity index (χ4v) is 4.31. The fourth-order valence-electron chi connectivity index (χ4n) is 4.31. The minimum atomic E-state index is -0.602. The lowest BCUT2D eigenvalue weighted by Crippen LogP contribution is -2.56. The molecule has 4 rings (SSSR count). The number of likely N-dealkylation sites (tertiary alicyclic amines) is 1. The van der Waals surface area contributed by atoms with Crippen molar-refractivity contribution in [3.63, 3.8) is 0 Å². The Kier molecular flexibility index (Phi) is 4.79. The minimum absolute atomic E-state index is 0.276. The molecule has 1 fully saturated rings. The molecule has 134 valence electrons. The van der Waals surface area contributed by atoms with Crippen LogP contribution in [0.1, 0.15) is 29.7 Å². The summed E-state index contributed by atoms with van der Waals surface area (Å²) in [6, 6.07) is 34.3. The maximum atomic E-state index is 10.4. The van der Waals surface area contributed by atoms with E-state index in [9.17, 15) is 5.26 Å². The van der Waals surface area contributed by atoms with Gasteiger partial charge in [0.1, 0.15) is 5.41 Å². The maximum Gasteiger partial charge on any atom is 0.112 e. The second kappa shape index (κ2) is 7.39. The highest BCUT2D eigenvalue weighted by molar-refractivity contribution is 5.48. The van der Waals surface area contributed by atoms with Crippen LogP contribution in [0.25, 0.3) is 0 Å². The van der Waals surface area contributed by atoms with Crippen molar-refractivity contribution >= 4 is 0 Å². The molecule has 1 unspecified atom stereocenters. The topological polar surface area (TPSA) is 27.0 Å². The Morgan fingerprint density at radius 2 is 1.26 bits per heavy atom. The van der Waals surface area contributed by atoms with Gasteiger partial charge in [-0.2, -0.15) is 5.26 Å². The van der Waals surface area contributed by atoms with E-state index in [4.69, 9.17) is 0 Å². The normalized spacial score (nSPS) is 16.3. The van der Waals surface area contributed by atoms with Gasteiger partial charge in [-0.05, 0) is 23.6 Å². The smallest absolute Gasteiger partial charge is 0.112 e. The van der Waals surface area contributed by atoms with Crippen LogP contribution in [0.5, 0.6) is 0 Å². The first-order chi connectivity index (χ1) is 13.3. The summed E-state index contributed by atoms with van der Waals surface area (Å²) >= 11 is 0. The average Bonchev–Trinajstić information content (AvgIpc) is 2.72. The molecule has 1 aliphatic rings. The van der Waals surface area contributed by atoms with E-state index in [1.807, 2.05) is 36.4 Å². The molecule has 27 heavy (non-hydrogen) atoms. The highest BCUT2D eigenvalue weighted by Gasteiger charge is 2.49. The van der Waals surface area contributed by atoms with Crippen LogP contribution >= 0.6 is 0 Å². The van der Waals surface area contributed by atoms with Gasteiger partial charge in [0.15, 0.2) is 0 Å². The molecule has 0 bridgehead atoms. The number of hydrogen-bond donors (Lipinski definition) is 0. The van der Waals surface area contributed by atoms with E-state index in [0.717, 1.165) is 24.2 Å². The molecule has 2 nitrogen and oxygen atoms in total. The SMILES string of the molecule is CC(c1ccccc1)N1CC(C(C#N)(c2ccccc2)c2ccccc2)C1. The molecule has 3 aromatic rings.